The van der Waals surface area contributed by atoms with Crippen LogP contribution in [0.1, 0.15) is 27.8 Å². The zero-order valence-corrected chi connectivity index (χ0v) is 21.3. The van der Waals surface area contributed by atoms with Crippen LogP contribution in [0.15, 0.2) is 76.5 Å². The Morgan fingerprint density at radius 2 is 1.33 bits per heavy atom. The first-order valence-electron chi connectivity index (χ1n) is 10.9. The zero-order valence-electron chi connectivity index (χ0n) is 19.7. The van der Waals surface area contributed by atoms with Gasteiger partial charge in [0.2, 0.25) is 0 Å². The van der Waals surface area contributed by atoms with E-state index in [1.807, 2.05) is 63.2 Å². The second-order valence-electron chi connectivity index (χ2n) is 8.02. The van der Waals surface area contributed by atoms with Crippen molar-refractivity contribution in [2.45, 2.75) is 30.6 Å². The van der Waals surface area contributed by atoms with Gasteiger partial charge in [0.1, 0.15) is 34.8 Å². The lowest BCUT2D eigenvalue weighted by molar-refractivity contribution is 0.397. The number of para-hydroxylation sites is 2. The predicted molar refractivity (Wildman–Crippen MR) is 139 cm³/mol. The second-order valence-corrected chi connectivity index (χ2v) is 9.54. The van der Waals surface area contributed by atoms with Crippen molar-refractivity contribution in [3.8, 4) is 35.1 Å². The van der Waals surface area contributed by atoms with Gasteiger partial charge in [-0.25, -0.2) is 4.39 Å². The highest BCUT2D eigenvalue weighted by atomic mass is 35.5. The third-order valence-corrected chi connectivity index (χ3v) is 6.81. The summed E-state index contributed by atoms with van der Waals surface area (Å²) in [6.07, 6.45) is 0. The molecule has 0 N–H and O–H groups in total. The fourth-order valence-corrected chi connectivity index (χ4v) is 4.66. The summed E-state index contributed by atoms with van der Waals surface area (Å²) in [5, 5.41) is 20.4. The van der Waals surface area contributed by atoms with Gasteiger partial charge in [-0.15, -0.1) is 0 Å². The van der Waals surface area contributed by atoms with Crippen molar-refractivity contribution >= 4 is 23.4 Å². The van der Waals surface area contributed by atoms with Gasteiger partial charge in [0.05, 0.1) is 4.90 Å². The Kier molecular flexibility index (Phi) is 7.50. The Morgan fingerprint density at radius 3 is 1.94 bits per heavy atom. The molecule has 0 spiro atoms. The molecule has 0 heterocycles. The van der Waals surface area contributed by atoms with Crippen molar-refractivity contribution < 1.29 is 13.9 Å². The molecule has 0 bridgehead atoms. The molecule has 0 atom stereocenters. The average molecular weight is 515 g/mol. The summed E-state index contributed by atoms with van der Waals surface area (Å²) < 4.78 is 28.4. The van der Waals surface area contributed by atoms with Crippen LogP contribution < -0.4 is 9.47 Å². The van der Waals surface area contributed by atoms with E-state index in [9.17, 15) is 10.5 Å². The molecule has 178 valence electrons. The summed E-state index contributed by atoms with van der Waals surface area (Å²) in [4.78, 5) is 0.692. The summed E-state index contributed by atoms with van der Waals surface area (Å²) in [6, 6.07) is 23.5. The summed E-state index contributed by atoms with van der Waals surface area (Å²) in [6.45, 7) is 5.60. The molecule has 0 unspecified atom stereocenters. The molecule has 0 aromatic heterocycles. The van der Waals surface area contributed by atoms with Crippen molar-refractivity contribution in [2.24, 2.45) is 0 Å². The van der Waals surface area contributed by atoms with E-state index in [2.05, 4.69) is 0 Å². The molecule has 4 aromatic carbocycles. The van der Waals surface area contributed by atoms with Gasteiger partial charge >= 0.3 is 0 Å². The Bertz CT molecular complexity index is 1520. The molecule has 0 fully saturated rings. The number of hydrogen-bond donors (Lipinski definition) is 0. The molecule has 4 aromatic rings. The Morgan fingerprint density at radius 1 is 0.722 bits per heavy atom. The smallest absolute Gasteiger partial charge is 0.190 e. The first kappa shape index (κ1) is 25.1. The van der Waals surface area contributed by atoms with Crippen LogP contribution in [-0.4, -0.2) is 0 Å². The third-order valence-electron chi connectivity index (χ3n) is 5.48. The maximum absolute atomic E-state index is 15.9. The molecule has 4 nitrogen and oxygen atoms in total. The number of nitriles is 2. The molecule has 0 aliphatic carbocycles. The lowest BCUT2D eigenvalue weighted by atomic mass is 10.1. The SMILES string of the molecule is Cc1ccccc1Oc1c(Oc2c(C)cccc2C)c(C#N)c(C#N)c(F)c1Sc1ccc(Cl)cc1. The second kappa shape index (κ2) is 10.7. The highest BCUT2D eigenvalue weighted by molar-refractivity contribution is 7.99. The van der Waals surface area contributed by atoms with Crippen LogP contribution in [0, 0.1) is 49.3 Å². The molecule has 4 rings (SSSR count). The van der Waals surface area contributed by atoms with Gasteiger partial charge in [0, 0.05) is 9.92 Å². The zero-order chi connectivity index (χ0) is 25.8. The maximum atomic E-state index is 15.9. The fourth-order valence-electron chi connectivity index (χ4n) is 3.61. The molecular weight excluding hydrogens is 495 g/mol. The quantitative estimate of drug-likeness (QED) is 0.257. The molecule has 0 aliphatic rings. The van der Waals surface area contributed by atoms with Gasteiger partial charge in [-0.1, -0.05) is 59.8 Å². The summed E-state index contributed by atoms with van der Waals surface area (Å²) in [7, 11) is 0. The summed E-state index contributed by atoms with van der Waals surface area (Å²) in [5.74, 6) is 0.107. The minimum atomic E-state index is -0.855. The van der Waals surface area contributed by atoms with Crippen LogP contribution in [0.2, 0.25) is 5.02 Å². The summed E-state index contributed by atoms with van der Waals surface area (Å²) in [5.41, 5.74) is 1.79. The van der Waals surface area contributed by atoms with E-state index < -0.39 is 11.4 Å². The fraction of sp³-hybridized carbons (Fsp3) is 0.103. The highest BCUT2D eigenvalue weighted by Gasteiger charge is 2.29. The van der Waals surface area contributed by atoms with E-state index in [1.165, 1.54) is 0 Å². The molecular formula is C29H20ClFN2O2S. The van der Waals surface area contributed by atoms with Gasteiger partial charge in [-0.05, 0) is 67.8 Å². The van der Waals surface area contributed by atoms with Crippen molar-refractivity contribution in [1.29, 1.82) is 10.5 Å². The molecule has 0 amide bonds. The van der Waals surface area contributed by atoms with Gasteiger partial charge in [-0.3, -0.25) is 0 Å². The van der Waals surface area contributed by atoms with Crippen LogP contribution in [0.5, 0.6) is 23.0 Å². The normalized spacial score (nSPS) is 10.4. The molecule has 0 saturated heterocycles. The lowest BCUT2D eigenvalue weighted by Crippen LogP contribution is -2.04. The Labute approximate surface area is 218 Å². The van der Waals surface area contributed by atoms with Crippen LogP contribution >= 0.6 is 23.4 Å². The number of ether oxygens (including phenoxy) is 2. The van der Waals surface area contributed by atoms with E-state index in [1.54, 1.807) is 36.4 Å². The first-order chi connectivity index (χ1) is 17.3. The van der Waals surface area contributed by atoms with Gasteiger partial charge < -0.3 is 9.47 Å². The van der Waals surface area contributed by atoms with Gasteiger partial charge in [0.15, 0.2) is 17.3 Å². The van der Waals surface area contributed by atoms with Crippen molar-refractivity contribution in [3.05, 3.63) is 105 Å². The number of aryl methyl sites for hydroxylation is 3. The van der Waals surface area contributed by atoms with Crippen molar-refractivity contribution in [3.63, 3.8) is 0 Å². The molecule has 0 radical (unpaired) electrons. The minimum absolute atomic E-state index is 0.0138. The number of rotatable bonds is 6. The average Bonchev–Trinajstić information content (AvgIpc) is 2.86. The van der Waals surface area contributed by atoms with Crippen LogP contribution in [0.3, 0.4) is 0 Å². The van der Waals surface area contributed by atoms with E-state index in [0.29, 0.717) is 21.4 Å². The third kappa shape index (κ3) is 5.02. The predicted octanol–water partition coefficient (Wildman–Crippen LogP) is 8.88. The molecule has 7 heteroatoms. The molecule has 36 heavy (non-hydrogen) atoms. The van der Waals surface area contributed by atoms with E-state index >= 15 is 4.39 Å². The van der Waals surface area contributed by atoms with Crippen LogP contribution in [0.25, 0.3) is 0 Å². The Balaban J connectivity index is 2.02. The monoisotopic (exact) mass is 514 g/mol. The highest BCUT2D eigenvalue weighted by Crippen LogP contribution is 2.50. The van der Waals surface area contributed by atoms with Gasteiger partial charge in [0.25, 0.3) is 0 Å². The van der Waals surface area contributed by atoms with Crippen molar-refractivity contribution in [2.75, 3.05) is 0 Å². The number of nitrogens with zero attached hydrogens (tertiary/aromatic N) is 2. The van der Waals surface area contributed by atoms with E-state index in [0.717, 1.165) is 28.5 Å². The lowest BCUT2D eigenvalue weighted by Gasteiger charge is -2.21. The standard InChI is InChI=1S/C29H20ClFN2O2S/c1-17-7-4-5-10-24(17)34-28-27(35-26-18(2)8-6-9-19(26)3)23(16-33)22(15-32)25(31)29(28)36-21-13-11-20(30)12-14-21/h4-14H,1-3H3. The maximum Gasteiger partial charge on any atom is 0.190 e. The van der Waals surface area contributed by atoms with Crippen molar-refractivity contribution in [1.82, 2.24) is 0 Å². The number of hydrogen-bond acceptors (Lipinski definition) is 5. The number of benzene rings is 4. The summed E-state index contributed by atoms with van der Waals surface area (Å²) >= 11 is 7.08. The number of halogens is 2. The Hall–Kier alpha value is -3.97. The van der Waals surface area contributed by atoms with Crippen LogP contribution in [0.4, 0.5) is 4.39 Å². The topological polar surface area (TPSA) is 66.0 Å². The van der Waals surface area contributed by atoms with Gasteiger partial charge in [-0.2, -0.15) is 10.5 Å². The molecule has 0 saturated carbocycles. The van der Waals surface area contributed by atoms with E-state index in [-0.39, 0.29) is 22.0 Å². The van der Waals surface area contributed by atoms with E-state index in [4.69, 9.17) is 21.1 Å². The molecule has 0 aliphatic heterocycles. The largest absolute Gasteiger partial charge is 0.452 e. The van der Waals surface area contributed by atoms with Crippen LogP contribution in [-0.2, 0) is 0 Å². The minimum Gasteiger partial charge on any atom is -0.452 e. The first-order valence-corrected chi connectivity index (χ1v) is 12.1.